The van der Waals surface area contributed by atoms with E-state index in [9.17, 15) is 0 Å². The van der Waals surface area contributed by atoms with Crippen LogP contribution in [-0.2, 0) is 5.75 Å². The molecule has 0 spiro atoms. The predicted octanol–water partition coefficient (Wildman–Crippen LogP) is 3.47. The number of anilines is 1. The molecule has 1 aromatic carbocycles. The maximum absolute atomic E-state index is 5.75. The molecule has 112 valence electrons. The summed E-state index contributed by atoms with van der Waals surface area (Å²) in [6.07, 6.45) is 1.71. The van der Waals surface area contributed by atoms with Gasteiger partial charge in [0.1, 0.15) is 5.82 Å². The van der Waals surface area contributed by atoms with Crippen molar-refractivity contribution in [2.24, 2.45) is 0 Å². The number of thioether (sulfide) groups is 1. The Morgan fingerprint density at radius 2 is 2.14 bits per heavy atom. The van der Waals surface area contributed by atoms with Gasteiger partial charge in [-0.05, 0) is 19.1 Å². The number of benzene rings is 1. The van der Waals surface area contributed by atoms with Gasteiger partial charge in [-0.2, -0.15) is 9.97 Å². The van der Waals surface area contributed by atoms with Crippen molar-refractivity contribution in [1.82, 2.24) is 19.9 Å². The molecule has 6 nitrogen and oxygen atoms in total. The summed E-state index contributed by atoms with van der Waals surface area (Å²) in [6, 6.07) is 7.86. The lowest BCUT2D eigenvalue weighted by molar-refractivity contribution is 0.529. The first kappa shape index (κ1) is 15.0. The Bertz CT molecular complexity index is 787. The summed E-state index contributed by atoms with van der Waals surface area (Å²) < 4.78 is 6.75. The fraction of sp³-hybridized carbons (Fsp3) is 0.143. The van der Waals surface area contributed by atoms with Crippen molar-refractivity contribution in [2.75, 3.05) is 5.73 Å². The Kier molecular flexibility index (Phi) is 4.39. The summed E-state index contributed by atoms with van der Waals surface area (Å²) in [4.78, 5) is 16.5. The van der Waals surface area contributed by atoms with Gasteiger partial charge in [0.05, 0.1) is 11.9 Å². The van der Waals surface area contributed by atoms with E-state index in [0.717, 1.165) is 15.8 Å². The molecule has 0 radical (unpaired) electrons. The Morgan fingerprint density at radius 3 is 2.91 bits per heavy atom. The maximum atomic E-state index is 5.75. The molecule has 0 amide bonds. The van der Waals surface area contributed by atoms with E-state index in [-0.39, 0.29) is 5.95 Å². The SMILES string of the molecule is Cc1nc(N)nc(SCc2ncc(-c3cccc(Br)c3)o2)n1. The standard InChI is InChI=1S/C14H12BrN5OS/c1-8-18-13(16)20-14(19-8)22-7-12-17-6-11(21-12)9-3-2-4-10(15)5-9/h2-6H,7H2,1H3,(H2,16,18,19,20). The Hall–Kier alpha value is -1.93. The van der Waals surface area contributed by atoms with E-state index in [1.807, 2.05) is 24.3 Å². The van der Waals surface area contributed by atoms with Crippen LogP contribution in [0, 0.1) is 6.92 Å². The highest BCUT2D eigenvalue weighted by Crippen LogP contribution is 2.26. The van der Waals surface area contributed by atoms with Crippen LogP contribution in [0.4, 0.5) is 5.95 Å². The number of nitrogens with two attached hydrogens (primary N) is 1. The van der Waals surface area contributed by atoms with E-state index in [0.29, 0.717) is 22.6 Å². The van der Waals surface area contributed by atoms with Crippen LogP contribution in [-0.4, -0.2) is 19.9 Å². The van der Waals surface area contributed by atoms with Crippen LogP contribution >= 0.6 is 27.7 Å². The summed E-state index contributed by atoms with van der Waals surface area (Å²) >= 11 is 4.85. The molecule has 0 aliphatic heterocycles. The minimum Gasteiger partial charge on any atom is -0.440 e. The molecule has 0 unspecified atom stereocenters. The van der Waals surface area contributed by atoms with Crippen LogP contribution < -0.4 is 5.73 Å². The average molecular weight is 378 g/mol. The second kappa shape index (κ2) is 6.45. The molecule has 0 aliphatic rings. The van der Waals surface area contributed by atoms with Crippen LogP contribution in [0.3, 0.4) is 0 Å². The number of aryl methyl sites for hydroxylation is 1. The summed E-state index contributed by atoms with van der Waals surface area (Å²) in [7, 11) is 0. The van der Waals surface area contributed by atoms with Crippen molar-refractivity contribution in [2.45, 2.75) is 17.8 Å². The third-order valence-electron chi connectivity index (χ3n) is 2.73. The van der Waals surface area contributed by atoms with Gasteiger partial charge in [-0.15, -0.1) is 0 Å². The van der Waals surface area contributed by atoms with Crippen molar-refractivity contribution in [3.05, 3.63) is 46.7 Å². The Morgan fingerprint density at radius 1 is 1.27 bits per heavy atom. The molecule has 0 atom stereocenters. The monoisotopic (exact) mass is 377 g/mol. The molecular weight excluding hydrogens is 366 g/mol. The maximum Gasteiger partial charge on any atom is 0.224 e. The molecule has 0 saturated carbocycles. The molecule has 0 fully saturated rings. The second-order valence-electron chi connectivity index (χ2n) is 4.44. The molecule has 0 aliphatic carbocycles. The molecule has 22 heavy (non-hydrogen) atoms. The van der Waals surface area contributed by atoms with Gasteiger partial charge in [-0.25, -0.2) is 9.97 Å². The van der Waals surface area contributed by atoms with E-state index in [2.05, 4.69) is 35.9 Å². The number of nitrogens with zero attached hydrogens (tertiary/aromatic N) is 4. The van der Waals surface area contributed by atoms with Crippen LogP contribution in [0.25, 0.3) is 11.3 Å². The fourth-order valence-corrected chi connectivity index (χ4v) is 2.96. The largest absolute Gasteiger partial charge is 0.440 e. The summed E-state index contributed by atoms with van der Waals surface area (Å²) in [5.74, 6) is 2.67. The van der Waals surface area contributed by atoms with Gasteiger partial charge in [0, 0.05) is 10.0 Å². The van der Waals surface area contributed by atoms with Gasteiger partial charge >= 0.3 is 0 Å². The average Bonchev–Trinajstić information content (AvgIpc) is 2.93. The summed E-state index contributed by atoms with van der Waals surface area (Å²) in [5, 5.41) is 0.562. The molecule has 0 saturated heterocycles. The first-order chi connectivity index (χ1) is 10.6. The lowest BCUT2D eigenvalue weighted by atomic mass is 10.2. The number of hydrogen-bond donors (Lipinski definition) is 1. The number of aromatic nitrogens is 4. The van der Waals surface area contributed by atoms with Gasteiger partial charge in [0.2, 0.25) is 11.8 Å². The number of nitrogen functional groups attached to an aromatic ring is 1. The minimum absolute atomic E-state index is 0.220. The van der Waals surface area contributed by atoms with Crippen LogP contribution in [0.1, 0.15) is 11.7 Å². The lowest BCUT2D eigenvalue weighted by Gasteiger charge is -2.00. The van der Waals surface area contributed by atoms with Crippen LogP contribution in [0.2, 0.25) is 0 Å². The second-order valence-corrected chi connectivity index (χ2v) is 6.30. The van der Waals surface area contributed by atoms with Gasteiger partial charge < -0.3 is 10.2 Å². The zero-order chi connectivity index (χ0) is 15.5. The first-order valence-corrected chi connectivity index (χ1v) is 8.19. The minimum atomic E-state index is 0.220. The fourth-order valence-electron chi connectivity index (χ4n) is 1.82. The Labute approximate surface area is 139 Å². The highest BCUT2D eigenvalue weighted by molar-refractivity contribution is 9.10. The molecule has 8 heteroatoms. The molecule has 2 N–H and O–H groups in total. The Balaban J connectivity index is 1.72. The molecular formula is C14H12BrN5OS. The van der Waals surface area contributed by atoms with Crippen molar-refractivity contribution in [1.29, 1.82) is 0 Å². The van der Waals surface area contributed by atoms with Gasteiger partial charge in [0.15, 0.2) is 10.9 Å². The van der Waals surface area contributed by atoms with Gasteiger partial charge in [-0.1, -0.05) is 39.8 Å². The van der Waals surface area contributed by atoms with Crippen LogP contribution in [0.5, 0.6) is 0 Å². The third-order valence-corrected chi connectivity index (χ3v) is 4.06. The number of hydrogen-bond acceptors (Lipinski definition) is 7. The number of oxazole rings is 1. The normalized spacial score (nSPS) is 10.8. The highest BCUT2D eigenvalue weighted by atomic mass is 79.9. The van der Waals surface area contributed by atoms with Crippen molar-refractivity contribution < 1.29 is 4.42 Å². The van der Waals surface area contributed by atoms with E-state index in [1.54, 1.807) is 13.1 Å². The smallest absolute Gasteiger partial charge is 0.224 e. The topological polar surface area (TPSA) is 90.7 Å². The van der Waals surface area contributed by atoms with E-state index in [1.165, 1.54) is 11.8 Å². The number of halogens is 1. The summed E-state index contributed by atoms with van der Waals surface area (Å²) in [5.41, 5.74) is 6.57. The zero-order valence-electron chi connectivity index (χ0n) is 11.7. The number of rotatable bonds is 4. The molecule has 2 heterocycles. The van der Waals surface area contributed by atoms with Crippen LogP contribution in [0.15, 0.2) is 44.5 Å². The van der Waals surface area contributed by atoms with Crippen molar-refractivity contribution in [3.8, 4) is 11.3 Å². The summed E-state index contributed by atoms with van der Waals surface area (Å²) in [6.45, 7) is 1.78. The van der Waals surface area contributed by atoms with E-state index < -0.39 is 0 Å². The van der Waals surface area contributed by atoms with Gasteiger partial charge in [0.25, 0.3) is 0 Å². The van der Waals surface area contributed by atoms with E-state index in [4.69, 9.17) is 10.2 Å². The van der Waals surface area contributed by atoms with Crippen molar-refractivity contribution in [3.63, 3.8) is 0 Å². The molecule has 3 rings (SSSR count). The highest BCUT2D eigenvalue weighted by Gasteiger charge is 2.09. The first-order valence-electron chi connectivity index (χ1n) is 6.42. The third kappa shape index (κ3) is 3.63. The van der Waals surface area contributed by atoms with E-state index >= 15 is 0 Å². The molecule has 3 aromatic rings. The quantitative estimate of drug-likeness (QED) is 0.695. The van der Waals surface area contributed by atoms with Crippen molar-refractivity contribution >= 4 is 33.6 Å². The lowest BCUT2D eigenvalue weighted by Crippen LogP contribution is -2.01. The molecule has 2 aromatic heterocycles. The zero-order valence-corrected chi connectivity index (χ0v) is 14.1. The predicted molar refractivity (Wildman–Crippen MR) is 88.2 cm³/mol. The van der Waals surface area contributed by atoms with Gasteiger partial charge in [-0.3, -0.25) is 0 Å². The molecule has 0 bridgehead atoms.